The Balaban J connectivity index is 1.84. The molecule has 2 amide bonds. The summed E-state index contributed by atoms with van der Waals surface area (Å²) in [5.74, 6) is 0.799. The van der Waals surface area contributed by atoms with Crippen LogP contribution in [-0.2, 0) is 10.2 Å². The maximum absolute atomic E-state index is 13.2. The molecule has 0 spiro atoms. The second-order valence-corrected chi connectivity index (χ2v) is 9.42. The van der Waals surface area contributed by atoms with Gasteiger partial charge in [0.1, 0.15) is 23.9 Å². The molecule has 9 heteroatoms. The van der Waals surface area contributed by atoms with Crippen LogP contribution in [0.25, 0.3) is 5.69 Å². The molecule has 0 aliphatic carbocycles. The fourth-order valence-corrected chi connectivity index (χ4v) is 3.57. The number of benzene rings is 2. The topological polar surface area (TPSA) is 85.7 Å². The summed E-state index contributed by atoms with van der Waals surface area (Å²) in [6.45, 7) is 8.16. The van der Waals surface area contributed by atoms with Crippen molar-refractivity contribution in [1.29, 1.82) is 0 Å². The van der Waals surface area contributed by atoms with E-state index in [4.69, 9.17) is 26.2 Å². The molecule has 2 aromatic carbocycles. The first-order chi connectivity index (χ1) is 16.6. The number of methoxy groups -OCH3 is 2. The fourth-order valence-electron chi connectivity index (χ4n) is 3.44. The third-order valence-electron chi connectivity index (χ3n) is 5.46. The van der Waals surface area contributed by atoms with Crippen LogP contribution in [0, 0.1) is 0 Å². The molecule has 35 heavy (non-hydrogen) atoms. The van der Waals surface area contributed by atoms with Crippen molar-refractivity contribution >= 4 is 29.2 Å². The Labute approximate surface area is 210 Å². The minimum atomic E-state index is -0.344. The van der Waals surface area contributed by atoms with Gasteiger partial charge in [0.2, 0.25) is 5.91 Å². The van der Waals surface area contributed by atoms with E-state index >= 15 is 0 Å². The standard InChI is InChI=1S/C26H31ClN4O4/c1-7-30(25(33)20-13-12-19(34-5)14-21(20)35-6)16-24(32)28-23-15-22(26(2,3)4)29-31(23)18-10-8-17(27)9-11-18/h8-15H,7,16H2,1-6H3,(H,28,32). The van der Waals surface area contributed by atoms with Gasteiger partial charge in [0.05, 0.1) is 31.2 Å². The molecule has 0 radical (unpaired) electrons. The van der Waals surface area contributed by atoms with E-state index < -0.39 is 0 Å². The molecule has 0 aliphatic rings. The molecule has 186 valence electrons. The summed E-state index contributed by atoms with van der Waals surface area (Å²) in [5.41, 5.74) is 1.69. The number of hydrogen-bond donors (Lipinski definition) is 1. The smallest absolute Gasteiger partial charge is 0.258 e. The van der Waals surface area contributed by atoms with Gasteiger partial charge in [0, 0.05) is 29.1 Å². The van der Waals surface area contributed by atoms with E-state index in [1.54, 1.807) is 42.1 Å². The van der Waals surface area contributed by atoms with Gasteiger partial charge in [-0.05, 0) is 43.3 Å². The summed E-state index contributed by atoms with van der Waals surface area (Å²) < 4.78 is 12.2. The number of halogens is 1. The largest absolute Gasteiger partial charge is 0.497 e. The zero-order valence-electron chi connectivity index (χ0n) is 20.9. The van der Waals surface area contributed by atoms with Gasteiger partial charge in [0.25, 0.3) is 5.91 Å². The highest BCUT2D eigenvalue weighted by Crippen LogP contribution is 2.28. The van der Waals surface area contributed by atoms with E-state index in [1.807, 2.05) is 45.9 Å². The molecule has 0 saturated carbocycles. The Morgan fingerprint density at radius 2 is 1.74 bits per heavy atom. The van der Waals surface area contributed by atoms with Gasteiger partial charge in [-0.15, -0.1) is 0 Å². The third kappa shape index (κ3) is 6.14. The minimum absolute atomic E-state index is 0.138. The molecule has 0 aliphatic heterocycles. The Kier molecular flexibility index (Phi) is 8.07. The molecular formula is C26H31ClN4O4. The molecular weight excluding hydrogens is 468 g/mol. The van der Waals surface area contributed by atoms with Crippen molar-refractivity contribution in [1.82, 2.24) is 14.7 Å². The summed E-state index contributed by atoms with van der Waals surface area (Å²) in [7, 11) is 3.03. The zero-order valence-corrected chi connectivity index (χ0v) is 21.6. The Hall–Kier alpha value is -3.52. The lowest BCUT2D eigenvalue weighted by Crippen LogP contribution is -2.38. The summed E-state index contributed by atoms with van der Waals surface area (Å²) in [6, 6.07) is 14.0. The lowest BCUT2D eigenvalue weighted by atomic mass is 9.92. The molecule has 0 atom stereocenters. The van der Waals surface area contributed by atoms with Gasteiger partial charge >= 0.3 is 0 Å². The average molecular weight is 499 g/mol. The van der Waals surface area contributed by atoms with Gasteiger partial charge in [0.15, 0.2) is 0 Å². The number of nitrogens with one attached hydrogen (secondary N) is 1. The number of carbonyl (C=O) groups excluding carboxylic acids is 2. The van der Waals surface area contributed by atoms with E-state index in [0.29, 0.717) is 34.4 Å². The number of aromatic nitrogens is 2. The van der Waals surface area contributed by atoms with Gasteiger partial charge < -0.3 is 19.7 Å². The molecule has 0 saturated heterocycles. The molecule has 0 unspecified atom stereocenters. The van der Waals surface area contributed by atoms with Crippen LogP contribution in [0.15, 0.2) is 48.5 Å². The summed E-state index contributed by atoms with van der Waals surface area (Å²) in [6.07, 6.45) is 0. The van der Waals surface area contributed by atoms with E-state index in [1.165, 1.54) is 12.0 Å². The van der Waals surface area contributed by atoms with Crippen molar-refractivity contribution < 1.29 is 19.1 Å². The summed E-state index contributed by atoms with van der Waals surface area (Å²) >= 11 is 6.04. The number of likely N-dealkylation sites (N-methyl/N-ethyl adjacent to an activating group) is 1. The third-order valence-corrected chi connectivity index (χ3v) is 5.71. The molecule has 1 aromatic heterocycles. The van der Waals surface area contributed by atoms with Gasteiger partial charge in [-0.3, -0.25) is 9.59 Å². The van der Waals surface area contributed by atoms with Crippen molar-refractivity contribution in [3.05, 3.63) is 64.8 Å². The lowest BCUT2D eigenvalue weighted by Gasteiger charge is -2.22. The summed E-state index contributed by atoms with van der Waals surface area (Å²) in [4.78, 5) is 27.7. The quantitative estimate of drug-likeness (QED) is 0.475. The Morgan fingerprint density at radius 3 is 2.31 bits per heavy atom. The van der Waals surface area contributed by atoms with Crippen LogP contribution in [-0.4, -0.2) is 53.8 Å². The number of amides is 2. The number of ether oxygens (including phenoxy) is 2. The highest BCUT2D eigenvalue weighted by Gasteiger charge is 2.24. The van der Waals surface area contributed by atoms with Crippen LogP contribution >= 0.6 is 11.6 Å². The SMILES string of the molecule is CCN(CC(=O)Nc1cc(C(C)(C)C)nn1-c1ccc(Cl)cc1)C(=O)c1ccc(OC)cc1OC. The first kappa shape index (κ1) is 26.1. The minimum Gasteiger partial charge on any atom is -0.497 e. The first-order valence-corrected chi connectivity index (χ1v) is 11.6. The van der Waals surface area contributed by atoms with E-state index in [2.05, 4.69) is 5.32 Å². The molecule has 1 heterocycles. The number of carbonyl (C=O) groups is 2. The van der Waals surface area contributed by atoms with Gasteiger partial charge in [-0.1, -0.05) is 32.4 Å². The first-order valence-electron chi connectivity index (χ1n) is 11.2. The molecule has 8 nitrogen and oxygen atoms in total. The van der Waals surface area contributed by atoms with Crippen molar-refractivity contribution in [2.45, 2.75) is 33.1 Å². The highest BCUT2D eigenvalue weighted by molar-refractivity contribution is 6.30. The predicted molar refractivity (Wildman–Crippen MR) is 137 cm³/mol. The number of hydrogen-bond acceptors (Lipinski definition) is 5. The molecule has 0 fully saturated rings. The number of rotatable bonds is 8. The Morgan fingerprint density at radius 1 is 1.06 bits per heavy atom. The van der Waals surface area contributed by atoms with Crippen molar-refractivity contribution in [3.8, 4) is 17.2 Å². The van der Waals surface area contributed by atoms with Crippen LogP contribution < -0.4 is 14.8 Å². The maximum atomic E-state index is 13.2. The van der Waals surface area contributed by atoms with E-state index in [0.717, 1.165) is 11.4 Å². The van der Waals surface area contributed by atoms with Crippen LogP contribution in [0.5, 0.6) is 11.5 Å². The lowest BCUT2D eigenvalue weighted by molar-refractivity contribution is -0.116. The van der Waals surface area contributed by atoms with Gasteiger partial charge in [-0.25, -0.2) is 4.68 Å². The van der Waals surface area contributed by atoms with Crippen molar-refractivity contribution in [3.63, 3.8) is 0 Å². The normalized spacial score (nSPS) is 11.2. The van der Waals surface area contributed by atoms with Gasteiger partial charge in [-0.2, -0.15) is 5.10 Å². The maximum Gasteiger partial charge on any atom is 0.258 e. The van der Waals surface area contributed by atoms with Crippen molar-refractivity contribution in [2.24, 2.45) is 0 Å². The Bertz CT molecular complexity index is 1200. The molecule has 3 aromatic rings. The predicted octanol–water partition coefficient (Wildman–Crippen LogP) is 4.94. The van der Waals surface area contributed by atoms with Crippen LogP contribution in [0.3, 0.4) is 0 Å². The van der Waals surface area contributed by atoms with Crippen LogP contribution in [0.2, 0.25) is 5.02 Å². The zero-order chi connectivity index (χ0) is 25.8. The second kappa shape index (κ2) is 10.8. The number of anilines is 1. The van der Waals surface area contributed by atoms with Crippen molar-refractivity contribution in [2.75, 3.05) is 32.6 Å². The monoisotopic (exact) mass is 498 g/mol. The van der Waals surface area contributed by atoms with E-state index in [-0.39, 0.29) is 23.8 Å². The molecule has 0 bridgehead atoms. The second-order valence-electron chi connectivity index (χ2n) is 8.99. The van der Waals surface area contributed by atoms with Crippen LogP contribution in [0.1, 0.15) is 43.7 Å². The van der Waals surface area contributed by atoms with Crippen LogP contribution in [0.4, 0.5) is 5.82 Å². The number of nitrogens with zero attached hydrogens (tertiary/aromatic N) is 3. The molecule has 1 N–H and O–H groups in total. The summed E-state index contributed by atoms with van der Waals surface area (Å²) in [5, 5.41) is 8.23. The highest BCUT2D eigenvalue weighted by atomic mass is 35.5. The average Bonchev–Trinajstić information content (AvgIpc) is 3.26. The van der Waals surface area contributed by atoms with E-state index in [9.17, 15) is 9.59 Å². The fraction of sp³-hybridized carbons (Fsp3) is 0.346. The molecule has 3 rings (SSSR count).